The molecule has 0 bridgehead atoms. The van der Waals surface area contributed by atoms with Crippen LogP contribution in [0, 0.1) is 0 Å². The second-order valence-corrected chi connectivity index (χ2v) is 16.9. The van der Waals surface area contributed by atoms with Crippen LogP contribution in [-0.2, 0) is 45.0 Å². The fourth-order valence-corrected chi connectivity index (χ4v) is 9.08. The number of carbonyl (C=O) groups is 4. The lowest BCUT2D eigenvalue weighted by Gasteiger charge is -2.18. The van der Waals surface area contributed by atoms with Crippen molar-refractivity contribution in [3.8, 4) is 23.0 Å². The molecule has 0 fully saturated rings. The van der Waals surface area contributed by atoms with E-state index in [9.17, 15) is 45.5 Å². The third-order valence-electron chi connectivity index (χ3n) is 11.2. The van der Waals surface area contributed by atoms with Gasteiger partial charge in [0.15, 0.2) is 13.2 Å². The van der Waals surface area contributed by atoms with Crippen molar-refractivity contribution < 1.29 is 73.9 Å². The number of benzene rings is 6. The van der Waals surface area contributed by atoms with Gasteiger partial charge in [0, 0.05) is 32.7 Å². The van der Waals surface area contributed by atoms with Gasteiger partial charge in [-0.2, -0.15) is 26.3 Å². The van der Waals surface area contributed by atoms with Crippen LogP contribution in [0.4, 0.5) is 37.7 Å². The quantitative estimate of drug-likeness (QED) is 0.0682. The van der Waals surface area contributed by atoms with Gasteiger partial charge >= 0.3 is 24.3 Å². The molecule has 0 saturated heterocycles. The summed E-state index contributed by atoms with van der Waals surface area (Å²) in [7, 11) is 0. The normalized spacial score (nSPS) is 13.2. The van der Waals surface area contributed by atoms with Crippen molar-refractivity contribution >= 4 is 79.9 Å². The van der Waals surface area contributed by atoms with Crippen molar-refractivity contribution in [2.75, 3.05) is 49.4 Å². The lowest BCUT2D eigenvalue weighted by molar-refractivity contribution is -0.154. The molecule has 0 unspecified atom stereocenters. The van der Waals surface area contributed by atoms with Crippen LogP contribution in [0.3, 0.4) is 0 Å². The Labute approximate surface area is 419 Å². The maximum Gasteiger partial charge on any atom is 0.422 e. The molecule has 20 heteroatoms. The van der Waals surface area contributed by atoms with E-state index in [1.807, 2.05) is 0 Å². The monoisotopic (exact) mass is 1040 g/mol. The van der Waals surface area contributed by atoms with Crippen molar-refractivity contribution in [3.63, 3.8) is 0 Å². The first kappa shape index (κ1) is 52.9. The SMILES string of the molecule is CCOC(=O)Cc1ccc(N2Cc3c(c(OCC(F)(F)F)c4ccccc4c3OCC)C2=O)c(Cl)c1.CCOC(=O)Cc1ccc(N2Cc3c(c(OCC)c4ccccc4c3OCC(F)(F)F)C2=O)c(Cl)c1. The summed E-state index contributed by atoms with van der Waals surface area (Å²) in [4.78, 5) is 53.6. The molecule has 6 aromatic carbocycles. The van der Waals surface area contributed by atoms with Crippen molar-refractivity contribution in [1.82, 2.24) is 0 Å². The van der Waals surface area contributed by atoms with Gasteiger partial charge in [0.1, 0.15) is 23.0 Å². The molecular weight excluding hydrogens is 997 g/mol. The molecule has 0 atom stereocenters. The molecule has 72 heavy (non-hydrogen) atoms. The van der Waals surface area contributed by atoms with Gasteiger partial charge in [0.25, 0.3) is 11.8 Å². The third-order valence-corrected chi connectivity index (χ3v) is 11.8. The zero-order chi connectivity index (χ0) is 52.1. The van der Waals surface area contributed by atoms with E-state index in [0.29, 0.717) is 55.4 Å². The summed E-state index contributed by atoms with van der Waals surface area (Å²) in [5.74, 6) is -1.34. The molecule has 2 amide bonds. The largest absolute Gasteiger partial charge is 0.493 e. The number of amides is 2. The predicted molar refractivity (Wildman–Crippen MR) is 258 cm³/mol. The fraction of sp³-hybridized carbons (Fsp3) is 0.308. The van der Waals surface area contributed by atoms with E-state index in [2.05, 4.69) is 0 Å². The van der Waals surface area contributed by atoms with Crippen molar-refractivity contribution in [2.24, 2.45) is 0 Å². The van der Waals surface area contributed by atoms with Crippen LogP contribution >= 0.6 is 23.2 Å². The number of esters is 2. The molecule has 0 saturated carbocycles. The molecule has 0 N–H and O–H groups in total. The maximum atomic E-state index is 13.6. The zero-order valence-corrected chi connectivity index (χ0v) is 40.7. The molecule has 380 valence electrons. The minimum Gasteiger partial charge on any atom is -0.493 e. The van der Waals surface area contributed by atoms with Gasteiger partial charge in [-0.15, -0.1) is 0 Å². The number of hydrogen-bond donors (Lipinski definition) is 0. The number of rotatable bonds is 16. The van der Waals surface area contributed by atoms with Crippen molar-refractivity contribution in [1.29, 1.82) is 0 Å². The highest BCUT2D eigenvalue weighted by atomic mass is 35.5. The lowest BCUT2D eigenvalue weighted by Crippen LogP contribution is -2.24. The lowest BCUT2D eigenvalue weighted by atomic mass is 9.99. The van der Waals surface area contributed by atoms with Crippen LogP contribution in [0.25, 0.3) is 21.5 Å². The predicted octanol–water partition coefficient (Wildman–Crippen LogP) is 12.2. The highest BCUT2D eigenvalue weighted by molar-refractivity contribution is 6.35. The van der Waals surface area contributed by atoms with Gasteiger partial charge in [0.05, 0.1) is 84.9 Å². The number of alkyl halides is 6. The van der Waals surface area contributed by atoms with Crippen LogP contribution in [0.15, 0.2) is 84.9 Å². The van der Waals surface area contributed by atoms with Gasteiger partial charge in [-0.25, -0.2) is 0 Å². The van der Waals surface area contributed by atoms with Gasteiger partial charge in [-0.1, -0.05) is 83.9 Å². The smallest absolute Gasteiger partial charge is 0.422 e. The summed E-state index contributed by atoms with van der Waals surface area (Å²) in [6.07, 6.45) is -9.13. The van der Waals surface area contributed by atoms with Gasteiger partial charge in [-0.3, -0.25) is 19.2 Å². The first-order valence-corrected chi connectivity index (χ1v) is 23.4. The molecule has 2 aliphatic rings. The molecule has 8 rings (SSSR count). The Morgan fingerprint density at radius 2 is 0.861 bits per heavy atom. The molecule has 12 nitrogen and oxygen atoms in total. The molecular formula is C52H46Cl2F6N2O10. The Balaban J connectivity index is 0.000000211. The van der Waals surface area contributed by atoms with Crippen LogP contribution < -0.4 is 28.7 Å². The summed E-state index contributed by atoms with van der Waals surface area (Å²) in [6, 6.07) is 23.0. The number of hydrogen-bond acceptors (Lipinski definition) is 10. The molecule has 2 aliphatic heterocycles. The first-order chi connectivity index (χ1) is 34.3. The molecule has 0 spiro atoms. The average molecular weight is 1040 g/mol. The van der Waals surface area contributed by atoms with Crippen LogP contribution in [0.1, 0.15) is 70.7 Å². The van der Waals surface area contributed by atoms with E-state index >= 15 is 0 Å². The topological polar surface area (TPSA) is 130 Å². The molecule has 6 aromatic rings. The molecule has 0 aromatic heterocycles. The minimum absolute atomic E-state index is 0.00747. The molecule has 0 aliphatic carbocycles. The van der Waals surface area contributed by atoms with E-state index in [-0.39, 0.29) is 96.3 Å². The summed E-state index contributed by atoms with van der Waals surface area (Å²) in [5.41, 5.74) is 2.75. The number of fused-ring (bicyclic) bond motifs is 4. The number of nitrogens with zero attached hydrogens (tertiary/aromatic N) is 2. The Bertz CT molecular complexity index is 2990. The third kappa shape index (κ3) is 11.5. The van der Waals surface area contributed by atoms with E-state index in [4.69, 9.17) is 51.6 Å². The first-order valence-electron chi connectivity index (χ1n) is 22.6. The summed E-state index contributed by atoms with van der Waals surface area (Å²) in [5, 5.41) is 2.18. The van der Waals surface area contributed by atoms with Crippen molar-refractivity contribution in [2.45, 2.75) is 66.0 Å². The number of anilines is 2. The number of ether oxygens (including phenoxy) is 6. The van der Waals surface area contributed by atoms with Crippen molar-refractivity contribution in [3.05, 3.63) is 128 Å². The summed E-state index contributed by atoms with van der Waals surface area (Å²) < 4.78 is 110. The van der Waals surface area contributed by atoms with E-state index in [1.165, 1.54) is 9.80 Å². The minimum atomic E-state index is -4.59. The second kappa shape index (κ2) is 22.2. The van der Waals surface area contributed by atoms with Crippen LogP contribution in [0.5, 0.6) is 23.0 Å². The standard InChI is InChI=1S/2C26H23ClF3NO5/c1-3-34-21(32)12-15-9-10-20(19(27)11-15)31-13-18-22(25(31)33)24(35-4-2)17-8-6-5-7-16(17)23(18)36-14-26(28,29)30;1-3-34-21(32)12-15-9-10-20(19(27)11-15)31-13-18-22(25(31)33)24(36-14-26(28,29)30)17-8-6-5-7-16(17)23(18)35-4-2/h2*5-11H,3-4,12-14H2,1-2H3. The Morgan fingerprint density at radius 1 is 0.514 bits per heavy atom. The fourth-order valence-electron chi connectivity index (χ4n) is 8.47. The maximum absolute atomic E-state index is 13.6. The highest BCUT2D eigenvalue weighted by Gasteiger charge is 2.41. The summed E-state index contributed by atoms with van der Waals surface area (Å²) >= 11 is 13.0. The molecule has 0 radical (unpaired) electrons. The highest BCUT2D eigenvalue weighted by Crippen LogP contribution is 2.49. The second-order valence-electron chi connectivity index (χ2n) is 16.1. The molecule has 2 heterocycles. The van der Waals surface area contributed by atoms with E-state index < -0.39 is 49.3 Å². The van der Waals surface area contributed by atoms with E-state index in [0.717, 1.165) is 0 Å². The van der Waals surface area contributed by atoms with Crippen LogP contribution in [0.2, 0.25) is 10.0 Å². The van der Waals surface area contributed by atoms with E-state index in [1.54, 1.807) is 113 Å². The number of carbonyl (C=O) groups excluding carboxylic acids is 4. The van der Waals surface area contributed by atoms with Gasteiger partial charge < -0.3 is 38.2 Å². The zero-order valence-electron chi connectivity index (χ0n) is 39.2. The Hall–Kier alpha value is -6.92. The number of halogens is 8. The summed E-state index contributed by atoms with van der Waals surface area (Å²) in [6.45, 7) is 4.89. The van der Waals surface area contributed by atoms with Gasteiger partial charge in [-0.05, 0) is 63.1 Å². The van der Waals surface area contributed by atoms with Gasteiger partial charge in [0.2, 0.25) is 0 Å². The average Bonchev–Trinajstić information content (AvgIpc) is 3.84. The Morgan fingerprint density at radius 3 is 1.22 bits per heavy atom. The van der Waals surface area contributed by atoms with Crippen LogP contribution in [-0.4, -0.2) is 75.7 Å². The Kier molecular flexibility index (Phi) is 16.3.